The van der Waals surface area contributed by atoms with E-state index >= 15 is 0 Å². The summed E-state index contributed by atoms with van der Waals surface area (Å²) in [5, 5.41) is 3.10. The summed E-state index contributed by atoms with van der Waals surface area (Å²) in [6.45, 7) is 8.10. The minimum Gasteiger partial charge on any atom is -0.468 e. The van der Waals surface area contributed by atoms with Gasteiger partial charge in [-0.1, -0.05) is 19.4 Å². The summed E-state index contributed by atoms with van der Waals surface area (Å²) in [4.78, 5) is 11.4. The maximum Gasteiger partial charge on any atom is 0.325 e. The number of ether oxygens (including phenoxy) is 1. The van der Waals surface area contributed by atoms with E-state index < -0.39 is 5.54 Å². The third-order valence-corrected chi connectivity index (χ3v) is 2.02. The van der Waals surface area contributed by atoms with Gasteiger partial charge in [-0.25, -0.2) is 0 Å². The molecule has 0 aliphatic carbocycles. The highest BCUT2D eigenvalue weighted by atomic mass is 16.5. The Morgan fingerprint density at radius 3 is 2.69 bits per heavy atom. The highest BCUT2D eigenvalue weighted by molar-refractivity contribution is 5.80. The van der Waals surface area contributed by atoms with Crippen LogP contribution in [0.1, 0.15) is 26.7 Å². The number of carbonyl (C=O) groups excluding carboxylic acids is 1. The van der Waals surface area contributed by atoms with Crippen LogP contribution in [-0.4, -0.2) is 25.2 Å². The van der Waals surface area contributed by atoms with Crippen molar-refractivity contribution >= 4 is 5.97 Å². The van der Waals surface area contributed by atoms with E-state index in [1.54, 1.807) is 6.08 Å². The minimum absolute atomic E-state index is 0.212. The number of nitrogens with one attached hydrogen (secondary N) is 1. The molecule has 0 aromatic carbocycles. The molecule has 0 aliphatic rings. The zero-order chi connectivity index (χ0) is 10.3. The van der Waals surface area contributed by atoms with Crippen molar-refractivity contribution in [2.24, 2.45) is 0 Å². The molecule has 0 spiro atoms. The zero-order valence-electron chi connectivity index (χ0n) is 8.72. The van der Waals surface area contributed by atoms with Gasteiger partial charge in [0.25, 0.3) is 0 Å². The number of hydrogen-bond acceptors (Lipinski definition) is 3. The number of esters is 1. The summed E-state index contributed by atoms with van der Waals surface area (Å²) in [5.74, 6) is -0.212. The monoisotopic (exact) mass is 185 g/mol. The first kappa shape index (κ1) is 12.2. The molecule has 0 heterocycles. The molecule has 0 rings (SSSR count). The van der Waals surface area contributed by atoms with Crippen molar-refractivity contribution in [3.63, 3.8) is 0 Å². The average molecular weight is 185 g/mol. The highest BCUT2D eigenvalue weighted by Gasteiger charge is 2.32. The predicted octanol–water partition coefficient (Wildman–Crippen LogP) is 1.49. The minimum atomic E-state index is -0.572. The molecule has 1 unspecified atom stereocenters. The molecular formula is C10H19NO2. The van der Waals surface area contributed by atoms with Crippen molar-refractivity contribution in [2.45, 2.75) is 32.2 Å². The molecule has 0 aromatic rings. The van der Waals surface area contributed by atoms with Crippen LogP contribution >= 0.6 is 0 Å². The lowest BCUT2D eigenvalue weighted by Gasteiger charge is -2.26. The Bertz CT molecular complexity index is 180. The van der Waals surface area contributed by atoms with E-state index in [2.05, 4.69) is 11.9 Å². The molecule has 76 valence electrons. The molecular weight excluding hydrogens is 166 g/mol. The van der Waals surface area contributed by atoms with E-state index in [-0.39, 0.29) is 5.97 Å². The summed E-state index contributed by atoms with van der Waals surface area (Å²) >= 11 is 0. The van der Waals surface area contributed by atoms with Crippen molar-refractivity contribution in [3.8, 4) is 0 Å². The summed E-state index contributed by atoms with van der Waals surface area (Å²) in [6, 6.07) is 0. The van der Waals surface area contributed by atoms with E-state index in [9.17, 15) is 4.79 Å². The standard InChI is InChI=1S/C10H19NO2/c1-5-7-10(3,9(12)13-4)11-8-6-2/h6,11H,2,5,7-8H2,1,3-4H3. The van der Waals surface area contributed by atoms with Crippen LogP contribution < -0.4 is 5.32 Å². The normalized spacial score (nSPS) is 14.7. The van der Waals surface area contributed by atoms with Crippen LogP contribution in [0.25, 0.3) is 0 Å². The fourth-order valence-electron chi connectivity index (χ4n) is 1.29. The van der Waals surface area contributed by atoms with E-state index in [0.29, 0.717) is 6.54 Å². The fraction of sp³-hybridized carbons (Fsp3) is 0.700. The first-order chi connectivity index (χ1) is 6.10. The Morgan fingerprint density at radius 2 is 2.31 bits per heavy atom. The lowest BCUT2D eigenvalue weighted by molar-refractivity contribution is -0.148. The van der Waals surface area contributed by atoms with Gasteiger partial charge in [0, 0.05) is 6.54 Å². The molecule has 0 saturated heterocycles. The molecule has 13 heavy (non-hydrogen) atoms. The average Bonchev–Trinajstić information content (AvgIpc) is 2.14. The van der Waals surface area contributed by atoms with Gasteiger partial charge in [-0.15, -0.1) is 6.58 Å². The first-order valence-electron chi connectivity index (χ1n) is 4.55. The fourth-order valence-corrected chi connectivity index (χ4v) is 1.29. The maximum absolute atomic E-state index is 11.4. The van der Waals surface area contributed by atoms with Gasteiger partial charge < -0.3 is 4.74 Å². The number of carbonyl (C=O) groups is 1. The summed E-state index contributed by atoms with van der Waals surface area (Å²) < 4.78 is 4.73. The van der Waals surface area contributed by atoms with Crippen molar-refractivity contribution in [3.05, 3.63) is 12.7 Å². The maximum atomic E-state index is 11.4. The van der Waals surface area contributed by atoms with Crippen molar-refractivity contribution < 1.29 is 9.53 Å². The van der Waals surface area contributed by atoms with Crippen LogP contribution in [0, 0.1) is 0 Å². The van der Waals surface area contributed by atoms with Gasteiger partial charge in [-0.3, -0.25) is 10.1 Å². The van der Waals surface area contributed by atoms with Crippen LogP contribution in [-0.2, 0) is 9.53 Å². The van der Waals surface area contributed by atoms with E-state index in [1.165, 1.54) is 7.11 Å². The van der Waals surface area contributed by atoms with Gasteiger partial charge in [-0.2, -0.15) is 0 Å². The third-order valence-electron chi connectivity index (χ3n) is 2.02. The Hall–Kier alpha value is -0.830. The van der Waals surface area contributed by atoms with Crippen molar-refractivity contribution in [1.29, 1.82) is 0 Å². The lowest BCUT2D eigenvalue weighted by Crippen LogP contribution is -2.50. The molecule has 0 radical (unpaired) electrons. The van der Waals surface area contributed by atoms with Gasteiger partial charge in [0.2, 0.25) is 0 Å². The quantitative estimate of drug-likeness (QED) is 0.503. The molecule has 0 fully saturated rings. The molecule has 0 aliphatic heterocycles. The predicted molar refractivity (Wildman–Crippen MR) is 53.5 cm³/mol. The first-order valence-corrected chi connectivity index (χ1v) is 4.55. The van der Waals surface area contributed by atoms with E-state index in [0.717, 1.165) is 12.8 Å². The molecule has 0 aromatic heterocycles. The Kier molecular flexibility index (Phi) is 5.39. The molecule has 0 bridgehead atoms. The number of methoxy groups -OCH3 is 1. The lowest BCUT2D eigenvalue weighted by atomic mass is 9.96. The second-order valence-electron chi connectivity index (χ2n) is 3.24. The van der Waals surface area contributed by atoms with Crippen LogP contribution in [0.4, 0.5) is 0 Å². The Balaban J connectivity index is 4.31. The molecule has 1 atom stereocenters. The van der Waals surface area contributed by atoms with Crippen LogP contribution in [0.5, 0.6) is 0 Å². The van der Waals surface area contributed by atoms with E-state index in [4.69, 9.17) is 4.74 Å². The smallest absolute Gasteiger partial charge is 0.325 e. The second-order valence-corrected chi connectivity index (χ2v) is 3.24. The van der Waals surface area contributed by atoms with Crippen LogP contribution in [0.2, 0.25) is 0 Å². The molecule has 1 N–H and O–H groups in total. The Morgan fingerprint density at radius 1 is 1.69 bits per heavy atom. The molecule has 3 nitrogen and oxygen atoms in total. The third kappa shape index (κ3) is 3.59. The largest absolute Gasteiger partial charge is 0.468 e. The summed E-state index contributed by atoms with van der Waals surface area (Å²) in [5.41, 5.74) is -0.572. The van der Waals surface area contributed by atoms with Gasteiger partial charge in [0.1, 0.15) is 5.54 Å². The van der Waals surface area contributed by atoms with Crippen molar-refractivity contribution in [2.75, 3.05) is 13.7 Å². The number of hydrogen-bond donors (Lipinski definition) is 1. The van der Waals surface area contributed by atoms with Gasteiger partial charge in [0.05, 0.1) is 7.11 Å². The van der Waals surface area contributed by atoms with Gasteiger partial charge >= 0.3 is 5.97 Å². The molecule has 0 saturated carbocycles. The van der Waals surface area contributed by atoms with E-state index in [1.807, 2.05) is 13.8 Å². The highest BCUT2D eigenvalue weighted by Crippen LogP contribution is 2.13. The molecule has 3 heteroatoms. The van der Waals surface area contributed by atoms with Gasteiger partial charge in [0.15, 0.2) is 0 Å². The van der Waals surface area contributed by atoms with Crippen LogP contribution in [0.3, 0.4) is 0 Å². The SMILES string of the molecule is C=CCNC(C)(CCC)C(=O)OC. The van der Waals surface area contributed by atoms with Crippen LogP contribution in [0.15, 0.2) is 12.7 Å². The topological polar surface area (TPSA) is 38.3 Å². The second kappa shape index (κ2) is 5.75. The van der Waals surface area contributed by atoms with Gasteiger partial charge in [-0.05, 0) is 13.3 Å². The van der Waals surface area contributed by atoms with Crippen molar-refractivity contribution in [1.82, 2.24) is 5.32 Å². The zero-order valence-corrected chi connectivity index (χ0v) is 8.72. The molecule has 0 amide bonds. The number of rotatable bonds is 6. The summed E-state index contributed by atoms with van der Waals surface area (Å²) in [7, 11) is 1.41. The Labute approximate surface area is 80.2 Å². The summed E-state index contributed by atoms with van der Waals surface area (Å²) in [6.07, 6.45) is 3.44.